The molecule has 1 aromatic heterocycles. The molecule has 0 amide bonds. The highest BCUT2D eigenvalue weighted by Gasteiger charge is 2.21. The van der Waals surface area contributed by atoms with Crippen molar-refractivity contribution in [3.8, 4) is 0 Å². The molecule has 0 fully saturated rings. The lowest BCUT2D eigenvalue weighted by Gasteiger charge is -2.16. The van der Waals surface area contributed by atoms with Crippen molar-refractivity contribution in [2.75, 3.05) is 0 Å². The molecule has 0 spiro atoms. The van der Waals surface area contributed by atoms with Crippen LogP contribution in [0.25, 0.3) is 0 Å². The predicted octanol–water partition coefficient (Wildman–Crippen LogP) is 3.09. The van der Waals surface area contributed by atoms with Gasteiger partial charge in [-0.3, -0.25) is 4.79 Å². The van der Waals surface area contributed by atoms with Crippen LogP contribution in [0.5, 0.6) is 0 Å². The van der Waals surface area contributed by atoms with Crippen LogP contribution in [-0.2, 0) is 4.79 Å². The summed E-state index contributed by atoms with van der Waals surface area (Å²) in [5.74, 6) is -0.413. The Labute approximate surface area is 113 Å². The van der Waals surface area contributed by atoms with Crippen LogP contribution < -0.4 is 0 Å². The summed E-state index contributed by atoms with van der Waals surface area (Å²) in [6, 6.07) is 5.86. The van der Waals surface area contributed by atoms with Crippen LogP contribution in [0.3, 0.4) is 0 Å². The highest BCUT2D eigenvalue weighted by atomic mass is 79.9. The first-order chi connectivity index (χ1) is 8.58. The fraction of sp³-hybridized carbons (Fsp3) is 0.231. The Morgan fingerprint density at radius 1 is 1.56 bits per heavy atom. The Morgan fingerprint density at radius 2 is 2.33 bits per heavy atom. The first-order valence-corrected chi connectivity index (χ1v) is 6.34. The van der Waals surface area contributed by atoms with Crippen molar-refractivity contribution in [3.63, 3.8) is 0 Å². The number of aromatic nitrogens is 2. The number of benzene rings is 1. The number of carboxylic acid groups (broad SMARTS) is 1. The molecular formula is C13H13BrN2O2. The van der Waals surface area contributed by atoms with Gasteiger partial charge in [0.25, 0.3) is 0 Å². The smallest absolute Gasteiger partial charge is 0.304 e. The van der Waals surface area contributed by atoms with Crippen molar-refractivity contribution >= 4 is 21.9 Å². The molecule has 0 bridgehead atoms. The van der Waals surface area contributed by atoms with Gasteiger partial charge in [0.05, 0.1) is 12.3 Å². The molecule has 18 heavy (non-hydrogen) atoms. The van der Waals surface area contributed by atoms with Crippen LogP contribution in [-0.4, -0.2) is 21.0 Å². The second-order valence-electron chi connectivity index (χ2n) is 4.13. The van der Waals surface area contributed by atoms with Crippen molar-refractivity contribution in [1.29, 1.82) is 0 Å². The first kappa shape index (κ1) is 12.8. The highest BCUT2D eigenvalue weighted by molar-refractivity contribution is 9.10. The molecular weight excluding hydrogens is 296 g/mol. The number of carbonyl (C=O) groups is 1. The van der Waals surface area contributed by atoms with Gasteiger partial charge in [-0.05, 0) is 30.2 Å². The van der Waals surface area contributed by atoms with E-state index < -0.39 is 5.97 Å². The molecule has 2 rings (SSSR count). The molecule has 1 aromatic carbocycles. The lowest BCUT2D eigenvalue weighted by molar-refractivity contribution is -0.137. The lowest BCUT2D eigenvalue weighted by atomic mass is 9.91. The number of halogens is 1. The molecule has 94 valence electrons. The summed E-state index contributed by atoms with van der Waals surface area (Å²) in [7, 11) is 0. The van der Waals surface area contributed by atoms with E-state index in [1.807, 2.05) is 25.1 Å². The number of hydrogen-bond donors (Lipinski definition) is 2. The number of nitrogens with one attached hydrogen (secondary N) is 1. The quantitative estimate of drug-likeness (QED) is 0.912. The van der Waals surface area contributed by atoms with Gasteiger partial charge in [-0.2, -0.15) is 0 Å². The van der Waals surface area contributed by atoms with Crippen LogP contribution in [0.15, 0.2) is 35.1 Å². The summed E-state index contributed by atoms with van der Waals surface area (Å²) >= 11 is 3.42. The minimum Gasteiger partial charge on any atom is -0.481 e. The molecule has 4 nitrogen and oxygen atoms in total. The molecule has 5 heteroatoms. The van der Waals surface area contributed by atoms with E-state index in [4.69, 9.17) is 5.11 Å². The molecule has 1 atom stereocenters. The Morgan fingerprint density at radius 3 is 2.94 bits per heavy atom. The summed E-state index contributed by atoms with van der Waals surface area (Å²) in [4.78, 5) is 18.2. The van der Waals surface area contributed by atoms with Crippen LogP contribution in [0.1, 0.15) is 29.3 Å². The van der Waals surface area contributed by atoms with Gasteiger partial charge < -0.3 is 10.1 Å². The molecule has 0 saturated carbocycles. The average molecular weight is 309 g/mol. The maximum absolute atomic E-state index is 11.0. The van der Waals surface area contributed by atoms with Gasteiger partial charge in [0.1, 0.15) is 5.82 Å². The van der Waals surface area contributed by atoms with Crippen molar-refractivity contribution in [1.82, 2.24) is 9.97 Å². The molecule has 0 aliphatic carbocycles. The zero-order valence-corrected chi connectivity index (χ0v) is 11.4. The van der Waals surface area contributed by atoms with E-state index in [9.17, 15) is 4.79 Å². The largest absolute Gasteiger partial charge is 0.481 e. The molecule has 1 unspecified atom stereocenters. The number of rotatable bonds is 4. The summed E-state index contributed by atoms with van der Waals surface area (Å²) < 4.78 is 0.935. The first-order valence-electron chi connectivity index (χ1n) is 5.55. The highest BCUT2D eigenvalue weighted by Crippen LogP contribution is 2.30. The second-order valence-corrected chi connectivity index (χ2v) is 5.04. The lowest BCUT2D eigenvalue weighted by Crippen LogP contribution is -2.11. The monoisotopic (exact) mass is 308 g/mol. The van der Waals surface area contributed by atoms with Crippen LogP contribution in [0.2, 0.25) is 0 Å². The van der Waals surface area contributed by atoms with Gasteiger partial charge in [0.2, 0.25) is 0 Å². The van der Waals surface area contributed by atoms with Gasteiger partial charge in [0.15, 0.2) is 0 Å². The normalized spacial score (nSPS) is 12.3. The summed E-state index contributed by atoms with van der Waals surface area (Å²) in [6.07, 6.45) is 3.36. The van der Waals surface area contributed by atoms with Gasteiger partial charge in [0, 0.05) is 16.9 Å². The maximum Gasteiger partial charge on any atom is 0.304 e. The van der Waals surface area contributed by atoms with E-state index in [-0.39, 0.29) is 12.3 Å². The Balaban J connectivity index is 2.46. The topological polar surface area (TPSA) is 66.0 Å². The fourth-order valence-electron chi connectivity index (χ4n) is 1.98. The van der Waals surface area contributed by atoms with E-state index in [1.54, 1.807) is 12.4 Å². The zero-order chi connectivity index (χ0) is 13.1. The van der Waals surface area contributed by atoms with Crippen LogP contribution >= 0.6 is 15.9 Å². The Hall–Kier alpha value is -1.62. The standard InChI is InChI=1S/C13H13BrN2O2/c1-8-2-3-9(14)6-10(8)11(7-12(17)18)13-15-4-5-16-13/h2-6,11H,7H2,1H3,(H,15,16)(H,17,18). The summed E-state index contributed by atoms with van der Waals surface area (Å²) in [6.45, 7) is 1.97. The Bertz CT molecular complexity index is 552. The van der Waals surface area contributed by atoms with Crippen molar-refractivity contribution in [2.24, 2.45) is 0 Å². The number of H-pyrrole nitrogens is 1. The van der Waals surface area contributed by atoms with Crippen molar-refractivity contribution < 1.29 is 9.90 Å². The van der Waals surface area contributed by atoms with Crippen molar-refractivity contribution in [3.05, 3.63) is 52.0 Å². The molecule has 0 saturated heterocycles. The summed E-state index contributed by atoms with van der Waals surface area (Å²) in [5, 5.41) is 9.05. The van der Waals surface area contributed by atoms with Crippen LogP contribution in [0.4, 0.5) is 0 Å². The third-order valence-electron chi connectivity index (χ3n) is 2.84. The zero-order valence-electron chi connectivity index (χ0n) is 9.85. The number of aromatic amines is 1. The number of aliphatic carboxylic acids is 1. The van der Waals surface area contributed by atoms with E-state index in [2.05, 4.69) is 25.9 Å². The molecule has 0 radical (unpaired) electrons. The van der Waals surface area contributed by atoms with Gasteiger partial charge in [-0.25, -0.2) is 4.98 Å². The third-order valence-corrected chi connectivity index (χ3v) is 3.34. The fourth-order valence-corrected chi connectivity index (χ4v) is 2.36. The minimum absolute atomic E-state index is 0.0187. The molecule has 2 N–H and O–H groups in total. The van der Waals surface area contributed by atoms with Crippen molar-refractivity contribution in [2.45, 2.75) is 19.3 Å². The number of imidazole rings is 1. The molecule has 0 aliphatic rings. The van der Waals surface area contributed by atoms with E-state index in [0.29, 0.717) is 5.82 Å². The molecule has 2 aromatic rings. The molecule has 0 aliphatic heterocycles. The number of aryl methyl sites for hydroxylation is 1. The van der Waals surface area contributed by atoms with Gasteiger partial charge in [-0.1, -0.05) is 22.0 Å². The van der Waals surface area contributed by atoms with Crippen LogP contribution in [0, 0.1) is 6.92 Å². The number of hydrogen-bond acceptors (Lipinski definition) is 2. The average Bonchev–Trinajstić information content (AvgIpc) is 2.82. The predicted molar refractivity (Wildman–Crippen MR) is 71.6 cm³/mol. The van der Waals surface area contributed by atoms with Gasteiger partial charge in [-0.15, -0.1) is 0 Å². The number of carboxylic acids is 1. The van der Waals surface area contributed by atoms with E-state index >= 15 is 0 Å². The second kappa shape index (κ2) is 5.35. The SMILES string of the molecule is Cc1ccc(Br)cc1C(CC(=O)O)c1ncc[nH]1. The van der Waals surface area contributed by atoms with Gasteiger partial charge >= 0.3 is 5.97 Å². The third kappa shape index (κ3) is 2.79. The Kier molecular flexibility index (Phi) is 3.81. The summed E-state index contributed by atoms with van der Waals surface area (Å²) in [5.41, 5.74) is 2.03. The van der Waals surface area contributed by atoms with E-state index in [0.717, 1.165) is 15.6 Å². The van der Waals surface area contributed by atoms with E-state index in [1.165, 1.54) is 0 Å². The molecule has 1 heterocycles. The minimum atomic E-state index is -0.837. The number of nitrogens with zero attached hydrogens (tertiary/aromatic N) is 1. The maximum atomic E-state index is 11.0.